The summed E-state index contributed by atoms with van der Waals surface area (Å²) < 4.78 is 10.3. The van der Waals surface area contributed by atoms with Gasteiger partial charge >= 0.3 is 0 Å². The summed E-state index contributed by atoms with van der Waals surface area (Å²) in [5.41, 5.74) is 2.45. The Morgan fingerprint density at radius 3 is 2.71 bits per heavy atom. The van der Waals surface area contributed by atoms with Gasteiger partial charge in [-0.15, -0.1) is 0 Å². The lowest BCUT2D eigenvalue weighted by molar-refractivity contribution is 0.457. The SMILES string of the molecule is Cc1ccc(Oc2cocn2)cc1C. The molecule has 1 aromatic carbocycles. The van der Waals surface area contributed by atoms with E-state index in [0.717, 1.165) is 5.75 Å². The molecule has 0 spiro atoms. The van der Waals surface area contributed by atoms with E-state index in [1.807, 2.05) is 25.1 Å². The third kappa shape index (κ3) is 1.76. The molecule has 0 saturated carbocycles. The first-order chi connectivity index (χ1) is 6.75. The van der Waals surface area contributed by atoms with Crippen LogP contribution in [-0.2, 0) is 0 Å². The van der Waals surface area contributed by atoms with Gasteiger partial charge in [-0.3, -0.25) is 0 Å². The highest BCUT2D eigenvalue weighted by molar-refractivity contribution is 5.35. The van der Waals surface area contributed by atoms with Gasteiger partial charge in [-0.25, -0.2) is 0 Å². The number of hydrogen-bond donors (Lipinski definition) is 0. The van der Waals surface area contributed by atoms with E-state index in [9.17, 15) is 0 Å². The molecule has 0 aliphatic rings. The van der Waals surface area contributed by atoms with Gasteiger partial charge in [0.1, 0.15) is 5.75 Å². The van der Waals surface area contributed by atoms with Gasteiger partial charge in [0.2, 0.25) is 0 Å². The molecule has 0 N–H and O–H groups in total. The molecular formula is C11H11NO2. The maximum absolute atomic E-state index is 5.45. The Kier molecular flexibility index (Phi) is 2.23. The van der Waals surface area contributed by atoms with E-state index in [1.54, 1.807) is 0 Å². The molecule has 14 heavy (non-hydrogen) atoms. The van der Waals surface area contributed by atoms with Crippen LogP contribution < -0.4 is 4.74 Å². The quantitative estimate of drug-likeness (QED) is 0.728. The summed E-state index contributed by atoms with van der Waals surface area (Å²) in [5, 5.41) is 0. The summed E-state index contributed by atoms with van der Waals surface area (Å²) in [5.74, 6) is 1.26. The van der Waals surface area contributed by atoms with Crippen LogP contribution in [0.2, 0.25) is 0 Å². The third-order valence-corrected chi connectivity index (χ3v) is 2.11. The maximum Gasteiger partial charge on any atom is 0.258 e. The topological polar surface area (TPSA) is 35.3 Å². The molecule has 72 valence electrons. The maximum atomic E-state index is 5.45. The van der Waals surface area contributed by atoms with Crippen LogP contribution in [0.3, 0.4) is 0 Å². The van der Waals surface area contributed by atoms with E-state index in [0.29, 0.717) is 5.88 Å². The zero-order valence-corrected chi connectivity index (χ0v) is 8.15. The summed E-state index contributed by atoms with van der Waals surface area (Å²) in [7, 11) is 0. The minimum atomic E-state index is 0.480. The molecule has 3 nitrogen and oxygen atoms in total. The van der Waals surface area contributed by atoms with Crippen molar-refractivity contribution in [3.05, 3.63) is 42.0 Å². The minimum Gasteiger partial charge on any atom is -0.448 e. The molecule has 2 rings (SSSR count). The molecule has 0 unspecified atom stereocenters. The molecule has 0 amide bonds. The third-order valence-electron chi connectivity index (χ3n) is 2.11. The first-order valence-corrected chi connectivity index (χ1v) is 4.39. The number of ether oxygens (including phenoxy) is 1. The van der Waals surface area contributed by atoms with Crippen molar-refractivity contribution in [3.8, 4) is 11.6 Å². The number of aryl methyl sites for hydroxylation is 2. The van der Waals surface area contributed by atoms with Crippen LogP contribution in [0.15, 0.2) is 35.3 Å². The number of aromatic nitrogens is 1. The zero-order valence-electron chi connectivity index (χ0n) is 8.15. The molecular weight excluding hydrogens is 178 g/mol. The van der Waals surface area contributed by atoms with Crippen molar-refractivity contribution in [1.29, 1.82) is 0 Å². The minimum absolute atomic E-state index is 0.480. The number of hydrogen-bond acceptors (Lipinski definition) is 3. The lowest BCUT2D eigenvalue weighted by atomic mass is 10.1. The molecule has 1 heterocycles. The average Bonchev–Trinajstić information content (AvgIpc) is 2.64. The molecule has 1 aromatic heterocycles. The van der Waals surface area contributed by atoms with Crippen molar-refractivity contribution in [2.24, 2.45) is 0 Å². The molecule has 0 saturated heterocycles. The number of benzene rings is 1. The van der Waals surface area contributed by atoms with Crippen molar-refractivity contribution < 1.29 is 9.15 Å². The van der Waals surface area contributed by atoms with Crippen molar-refractivity contribution in [2.45, 2.75) is 13.8 Å². The lowest BCUT2D eigenvalue weighted by Gasteiger charge is -2.04. The first kappa shape index (κ1) is 8.81. The van der Waals surface area contributed by atoms with Crippen LogP contribution in [0.25, 0.3) is 0 Å². The molecule has 0 fully saturated rings. The van der Waals surface area contributed by atoms with Crippen molar-refractivity contribution in [2.75, 3.05) is 0 Å². The normalized spacial score (nSPS) is 10.1. The van der Waals surface area contributed by atoms with Gasteiger partial charge in [-0.05, 0) is 37.1 Å². The van der Waals surface area contributed by atoms with E-state index in [2.05, 4.69) is 11.9 Å². The zero-order chi connectivity index (χ0) is 9.97. The second-order valence-electron chi connectivity index (χ2n) is 3.17. The number of oxazole rings is 1. The molecule has 2 aromatic rings. The smallest absolute Gasteiger partial charge is 0.258 e. The highest BCUT2D eigenvalue weighted by atomic mass is 16.5. The van der Waals surface area contributed by atoms with Gasteiger partial charge in [0.15, 0.2) is 12.7 Å². The van der Waals surface area contributed by atoms with E-state index < -0.39 is 0 Å². The van der Waals surface area contributed by atoms with Gasteiger partial charge < -0.3 is 9.15 Å². The summed E-state index contributed by atoms with van der Waals surface area (Å²) in [6.07, 6.45) is 2.81. The second kappa shape index (κ2) is 3.54. The van der Waals surface area contributed by atoms with Crippen LogP contribution in [-0.4, -0.2) is 4.98 Å². The highest BCUT2D eigenvalue weighted by Gasteiger charge is 2.00. The highest BCUT2D eigenvalue weighted by Crippen LogP contribution is 2.21. The van der Waals surface area contributed by atoms with Crippen LogP contribution >= 0.6 is 0 Å². The molecule has 0 radical (unpaired) electrons. The fourth-order valence-electron chi connectivity index (χ4n) is 1.15. The summed E-state index contributed by atoms with van der Waals surface area (Å²) in [6, 6.07) is 5.91. The van der Waals surface area contributed by atoms with Crippen LogP contribution in [0.1, 0.15) is 11.1 Å². The number of nitrogens with zero attached hydrogens (tertiary/aromatic N) is 1. The second-order valence-corrected chi connectivity index (χ2v) is 3.17. The van der Waals surface area contributed by atoms with Gasteiger partial charge in [-0.1, -0.05) is 6.07 Å². The Morgan fingerprint density at radius 2 is 2.07 bits per heavy atom. The Balaban J connectivity index is 2.22. The van der Waals surface area contributed by atoms with Crippen molar-refractivity contribution >= 4 is 0 Å². The summed E-state index contributed by atoms with van der Waals surface area (Å²) >= 11 is 0. The fraction of sp³-hybridized carbons (Fsp3) is 0.182. The standard InChI is InChI=1S/C11H11NO2/c1-8-3-4-10(5-9(8)2)14-11-6-13-7-12-11/h3-7H,1-2H3. The van der Waals surface area contributed by atoms with Crippen LogP contribution in [0.4, 0.5) is 0 Å². The van der Waals surface area contributed by atoms with E-state index >= 15 is 0 Å². The first-order valence-electron chi connectivity index (χ1n) is 4.39. The van der Waals surface area contributed by atoms with Crippen LogP contribution in [0, 0.1) is 13.8 Å². The Morgan fingerprint density at radius 1 is 1.21 bits per heavy atom. The molecule has 0 atom stereocenters. The Hall–Kier alpha value is -1.77. The lowest BCUT2D eigenvalue weighted by Crippen LogP contribution is -1.86. The molecule has 3 heteroatoms. The largest absolute Gasteiger partial charge is 0.448 e. The Bertz CT molecular complexity index is 421. The van der Waals surface area contributed by atoms with Crippen LogP contribution in [0.5, 0.6) is 11.6 Å². The molecule has 0 bridgehead atoms. The predicted octanol–water partition coefficient (Wildman–Crippen LogP) is 3.08. The van der Waals surface area contributed by atoms with E-state index in [1.165, 1.54) is 23.8 Å². The Labute approximate surface area is 82.3 Å². The molecule has 0 aliphatic heterocycles. The van der Waals surface area contributed by atoms with Crippen molar-refractivity contribution in [1.82, 2.24) is 4.98 Å². The monoisotopic (exact) mass is 189 g/mol. The molecule has 0 aliphatic carbocycles. The summed E-state index contributed by atoms with van der Waals surface area (Å²) in [6.45, 7) is 4.11. The average molecular weight is 189 g/mol. The van der Waals surface area contributed by atoms with Gasteiger partial charge in [0, 0.05) is 0 Å². The van der Waals surface area contributed by atoms with E-state index in [4.69, 9.17) is 9.15 Å². The van der Waals surface area contributed by atoms with Gasteiger partial charge in [-0.2, -0.15) is 4.98 Å². The fourth-order valence-corrected chi connectivity index (χ4v) is 1.15. The van der Waals surface area contributed by atoms with E-state index in [-0.39, 0.29) is 0 Å². The number of rotatable bonds is 2. The van der Waals surface area contributed by atoms with Gasteiger partial charge in [0.05, 0.1) is 0 Å². The predicted molar refractivity (Wildman–Crippen MR) is 52.5 cm³/mol. The van der Waals surface area contributed by atoms with Crippen molar-refractivity contribution in [3.63, 3.8) is 0 Å². The van der Waals surface area contributed by atoms with Gasteiger partial charge in [0.25, 0.3) is 5.88 Å². The summed E-state index contributed by atoms with van der Waals surface area (Å²) in [4.78, 5) is 3.87.